The lowest BCUT2D eigenvalue weighted by Crippen LogP contribution is -2.15. The first-order valence-electron chi connectivity index (χ1n) is 10.0. The Kier molecular flexibility index (Phi) is 12.0. The summed E-state index contributed by atoms with van der Waals surface area (Å²) in [6, 6.07) is 3.89. The quantitative estimate of drug-likeness (QED) is 0.0980. The Labute approximate surface area is 200 Å². The van der Waals surface area contributed by atoms with Crippen LogP contribution in [0.1, 0.15) is 25.0 Å². The van der Waals surface area contributed by atoms with Crippen molar-refractivity contribution in [3.05, 3.63) is 63.7 Å². The number of nitrogens with zero attached hydrogens (tertiary/aromatic N) is 1. The molecule has 13 nitrogen and oxygen atoms in total. The number of rotatable bonds is 13. The molecule has 0 aliphatic carbocycles. The molecule has 0 saturated carbocycles. The van der Waals surface area contributed by atoms with Crippen molar-refractivity contribution in [3.8, 4) is 0 Å². The van der Waals surface area contributed by atoms with Crippen molar-refractivity contribution in [3.63, 3.8) is 0 Å². The third kappa shape index (κ3) is 11.3. The highest BCUT2D eigenvalue weighted by atomic mass is 16.7. The average molecular weight is 495 g/mol. The highest BCUT2D eigenvalue weighted by Crippen LogP contribution is 2.22. The lowest BCUT2D eigenvalue weighted by molar-refractivity contribution is -0.385. The second-order valence-electron chi connectivity index (χ2n) is 6.83. The number of benzene rings is 1. The van der Waals surface area contributed by atoms with Crippen LogP contribution in [-0.2, 0) is 51.2 Å². The molecule has 1 rings (SSSR count). The second-order valence-corrected chi connectivity index (χ2v) is 6.83. The summed E-state index contributed by atoms with van der Waals surface area (Å²) < 4.78 is 28.6. The predicted octanol–water partition coefficient (Wildman–Crippen LogP) is 3.14. The van der Waals surface area contributed by atoms with Gasteiger partial charge in [0.25, 0.3) is 5.69 Å². The fraction of sp³-hybridized carbons (Fsp3) is 0.364. The minimum absolute atomic E-state index is 0.0614. The molecule has 0 atom stereocenters. The molecule has 0 radical (unpaired) electrons. The third-order valence-corrected chi connectivity index (χ3v) is 3.82. The van der Waals surface area contributed by atoms with Crippen molar-refractivity contribution in [1.29, 1.82) is 0 Å². The van der Waals surface area contributed by atoms with Gasteiger partial charge in [-0.05, 0) is 25.5 Å². The van der Waals surface area contributed by atoms with Crippen LogP contribution in [0, 0.1) is 10.1 Å². The molecule has 35 heavy (non-hydrogen) atoms. The Hall–Kier alpha value is -4.42. The summed E-state index contributed by atoms with van der Waals surface area (Å²) in [6.07, 6.45) is -2.18. The molecule has 1 aromatic carbocycles. The molecule has 0 unspecified atom stereocenters. The van der Waals surface area contributed by atoms with Crippen LogP contribution in [0.5, 0.6) is 0 Å². The van der Waals surface area contributed by atoms with Crippen LogP contribution < -0.4 is 0 Å². The second kappa shape index (κ2) is 14.7. The summed E-state index contributed by atoms with van der Waals surface area (Å²) in [4.78, 5) is 56.3. The molecule has 0 N–H and O–H groups in total. The standard InChI is InChI=1S/C22H25NO12/c1-14(2)19(24)30-7-9-32-21(26)34-12-16-5-6-17(18(11-16)23(28)29)13-35-22(27)33-10-8-31-20(25)15(3)4/h5-6,11H,1,3,7-10,12-13H2,2,4H3. The van der Waals surface area contributed by atoms with Crippen LogP contribution in [0.2, 0.25) is 0 Å². The molecule has 0 heterocycles. The molecular formula is C22H25NO12. The predicted molar refractivity (Wildman–Crippen MR) is 117 cm³/mol. The SMILES string of the molecule is C=C(C)C(=O)OCCOC(=O)OCc1ccc(COC(=O)OCCOC(=O)C(=C)C)c([N+](=O)[O-])c1. The van der Waals surface area contributed by atoms with Crippen LogP contribution >= 0.6 is 0 Å². The zero-order chi connectivity index (χ0) is 26.4. The number of hydrogen-bond donors (Lipinski definition) is 0. The summed E-state index contributed by atoms with van der Waals surface area (Å²) in [7, 11) is 0. The number of nitro benzene ring substituents is 1. The Morgan fingerprint density at radius 3 is 1.69 bits per heavy atom. The minimum atomic E-state index is -1.12. The average Bonchev–Trinajstić information content (AvgIpc) is 2.81. The molecule has 0 saturated heterocycles. The fourth-order valence-electron chi connectivity index (χ4n) is 2.12. The zero-order valence-electron chi connectivity index (χ0n) is 19.2. The molecular weight excluding hydrogens is 470 g/mol. The minimum Gasteiger partial charge on any atom is -0.459 e. The van der Waals surface area contributed by atoms with E-state index in [0.717, 1.165) is 6.07 Å². The van der Waals surface area contributed by atoms with Gasteiger partial charge in [-0.1, -0.05) is 19.2 Å². The molecule has 190 valence electrons. The third-order valence-electron chi connectivity index (χ3n) is 3.82. The molecule has 0 bridgehead atoms. The zero-order valence-corrected chi connectivity index (χ0v) is 19.2. The topological polar surface area (TPSA) is 167 Å². The van der Waals surface area contributed by atoms with Crippen LogP contribution in [0.15, 0.2) is 42.5 Å². The molecule has 0 spiro atoms. The molecule has 0 aliphatic heterocycles. The highest BCUT2D eigenvalue weighted by Gasteiger charge is 2.18. The van der Waals surface area contributed by atoms with Crippen molar-refractivity contribution in [2.45, 2.75) is 27.1 Å². The summed E-state index contributed by atoms with van der Waals surface area (Å²) in [5.74, 6) is -1.27. The van der Waals surface area contributed by atoms with E-state index in [1.165, 1.54) is 26.0 Å². The van der Waals surface area contributed by atoms with Crippen LogP contribution in [-0.4, -0.2) is 55.6 Å². The molecule has 0 fully saturated rings. The summed E-state index contributed by atoms with van der Waals surface area (Å²) in [5.41, 5.74) is 0.336. The highest BCUT2D eigenvalue weighted by molar-refractivity contribution is 5.87. The van der Waals surface area contributed by atoms with Crippen LogP contribution in [0.25, 0.3) is 0 Å². The molecule has 0 aliphatic rings. The molecule has 13 heteroatoms. The van der Waals surface area contributed by atoms with Gasteiger partial charge in [0, 0.05) is 17.2 Å². The number of ether oxygens (including phenoxy) is 6. The maximum atomic E-state index is 11.6. The van der Waals surface area contributed by atoms with Crippen molar-refractivity contribution >= 4 is 29.9 Å². The van der Waals surface area contributed by atoms with Gasteiger partial charge in [0.15, 0.2) is 0 Å². The van der Waals surface area contributed by atoms with Gasteiger partial charge < -0.3 is 28.4 Å². The summed E-state index contributed by atoms with van der Waals surface area (Å²) in [6.45, 7) is 7.99. The Bertz CT molecular complexity index is 985. The van der Waals surface area contributed by atoms with E-state index in [1.54, 1.807) is 0 Å². The lowest BCUT2D eigenvalue weighted by atomic mass is 10.1. The number of esters is 2. The van der Waals surface area contributed by atoms with Gasteiger partial charge >= 0.3 is 24.2 Å². The van der Waals surface area contributed by atoms with Gasteiger partial charge in [-0.2, -0.15) is 0 Å². The van der Waals surface area contributed by atoms with Gasteiger partial charge in [0.1, 0.15) is 39.6 Å². The van der Waals surface area contributed by atoms with Crippen molar-refractivity contribution < 1.29 is 52.5 Å². The van der Waals surface area contributed by atoms with E-state index in [2.05, 4.69) is 13.2 Å². The maximum Gasteiger partial charge on any atom is 0.508 e. The first-order valence-corrected chi connectivity index (χ1v) is 10.0. The Balaban J connectivity index is 2.48. The first-order chi connectivity index (χ1) is 16.5. The summed E-state index contributed by atoms with van der Waals surface area (Å²) in [5, 5.41) is 11.4. The molecule has 0 aromatic heterocycles. The van der Waals surface area contributed by atoms with E-state index in [1.807, 2.05) is 0 Å². The number of hydrogen-bond acceptors (Lipinski definition) is 12. The van der Waals surface area contributed by atoms with E-state index in [-0.39, 0.29) is 61.0 Å². The van der Waals surface area contributed by atoms with E-state index in [4.69, 9.17) is 28.4 Å². The Morgan fingerprint density at radius 2 is 1.23 bits per heavy atom. The van der Waals surface area contributed by atoms with E-state index in [0.29, 0.717) is 0 Å². The number of nitro groups is 1. The molecule has 0 amide bonds. The number of carbonyl (C=O) groups excluding carboxylic acids is 4. The Morgan fingerprint density at radius 1 is 0.771 bits per heavy atom. The van der Waals surface area contributed by atoms with Crippen molar-refractivity contribution in [1.82, 2.24) is 0 Å². The van der Waals surface area contributed by atoms with E-state index in [9.17, 15) is 29.3 Å². The largest absolute Gasteiger partial charge is 0.508 e. The normalized spacial score (nSPS) is 9.89. The van der Waals surface area contributed by atoms with Crippen LogP contribution in [0.3, 0.4) is 0 Å². The van der Waals surface area contributed by atoms with Gasteiger partial charge in [-0.15, -0.1) is 0 Å². The fourth-order valence-corrected chi connectivity index (χ4v) is 2.12. The van der Waals surface area contributed by atoms with Crippen molar-refractivity contribution in [2.75, 3.05) is 26.4 Å². The molecule has 1 aromatic rings. The number of carbonyl (C=O) groups is 4. The maximum absolute atomic E-state index is 11.6. The first kappa shape index (κ1) is 28.6. The van der Waals surface area contributed by atoms with Gasteiger partial charge in [-0.3, -0.25) is 10.1 Å². The van der Waals surface area contributed by atoms with E-state index >= 15 is 0 Å². The van der Waals surface area contributed by atoms with Crippen LogP contribution in [0.4, 0.5) is 15.3 Å². The lowest BCUT2D eigenvalue weighted by Gasteiger charge is -2.09. The van der Waals surface area contributed by atoms with Crippen molar-refractivity contribution in [2.24, 2.45) is 0 Å². The van der Waals surface area contributed by atoms with Gasteiger partial charge in [0.2, 0.25) is 0 Å². The smallest absolute Gasteiger partial charge is 0.459 e. The van der Waals surface area contributed by atoms with E-state index < -0.39 is 35.8 Å². The monoisotopic (exact) mass is 495 g/mol. The summed E-state index contributed by atoms with van der Waals surface area (Å²) >= 11 is 0. The van der Waals surface area contributed by atoms with Gasteiger partial charge in [-0.25, -0.2) is 19.2 Å². The van der Waals surface area contributed by atoms with Gasteiger partial charge in [0.05, 0.1) is 10.5 Å².